The van der Waals surface area contributed by atoms with Crippen molar-refractivity contribution >= 4 is 11.9 Å². The third-order valence-corrected chi connectivity index (χ3v) is 3.20. The predicted octanol–water partition coefficient (Wildman–Crippen LogP) is -0.965. The molecular weight excluding hydrogens is 240 g/mol. The molecule has 2 aliphatic rings. The van der Waals surface area contributed by atoms with Crippen molar-refractivity contribution in [2.45, 2.75) is 12.8 Å². The maximum Gasteiger partial charge on any atom is 0.383 e. The summed E-state index contributed by atoms with van der Waals surface area (Å²) >= 11 is 0. The van der Waals surface area contributed by atoms with E-state index in [0.29, 0.717) is 13.1 Å². The van der Waals surface area contributed by atoms with Crippen molar-refractivity contribution in [3.8, 4) is 0 Å². The van der Waals surface area contributed by atoms with Crippen molar-refractivity contribution in [1.29, 1.82) is 0 Å². The molecule has 1 fully saturated rings. The van der Waals surface area contributed by atoms with Crippen LogP contribution in [0.3, 0.4) is 0 Å². The lowest BCUT2D eigenvalue weighted by Crippen LogP contribution is -2.55. The first-order valence-electron chi connectivity index (χ1n) is 5.91. The number of quaternary nitrogens is 1. The summed E-state index contributed by atoms with van der Waals surface area (Å²) in [7, 11) is 1.22. The van der Waals surface area contributed by atoms with E-state index in [0.717, 1.165) is 12.8 Å². The minimum absolute atomic E-state index is 0.0190. The van der Waals surface area contributed by atoms with Gasteiger partial charge in [0, 0.05) is 12.8 Å². The zero-order chi connectivity index (χ0) is 13.2. The number of hydrogen-bond donors (Lipinski definition) is 2. The largest absolute Gasteiger partial charge is 0.473 e. The standard InChI is InChI=1S/C11H16N2O5/c1-17-11(16)8-9(18-7-6-14)12-13(10(8)15)4-2-3-5-13/h14H,2-7H2,1H3/p+1. The Hall–Kier alpha value is -1.60. The first kappa shape index (κ1) is 12.8. The molecule has 0 aromatic heterocycles. The predicted molar refractivity (Wildman–Crippen MR) is 59.5 cm³/mol. The molecule has 0 atom stereocenters. The van der Waals surface area contributed by atoms with Crippen LogP contribution in [0.15, 0.2) is 11.5 Å². The van der Waals surface area contributed by atoms with Gasteiger partial charge in [0.2, 0.25) is 5.57 Å². The zero-order valence-electron chi connectivity index (χ0n) is 10.3. The summed E-state index contributed by atoms with van der Waals surface area (Å²) in [5.41, 5.74) is 2.86. The lowest BCUT2D eigenvalue weighted by atomic mass is 10.2. The lowest BCUT2D eigenvalue weighted by molar-refractivity contribution is -0.877. The summed E-state index contributed by atoms with van der Waals surface area (Å²) < 4.78 is 9.85. The highest BCUT2D eigenvalue weighted by Gasteiger charge is 2.53. The van der Waals surface area contributed by atoms with Gasteiger partial charge >= 0.3 is 11.9 Å². The number of rotatable bonds is 4. The molecule has 100 valence electrons. The molecule has 0 aromatic carbocycles. The molecule has 0 aliphatic carbocycles. The average Bonchev–Trinajstić information content (AvgIpc) is 2.94. The molecule has 1 spiro atoms. The van der Waals surface area contributed by atoms with Crippen molar-refractivity contribution < 1.29 is 28.8 Å². The summed E-state index contributed by atoms with van der Waals surface area (Å²) in [6.45, 7) is 1.10. The van der Waals surface area contributed by atoms with E-state index in [1.54, 1.807) is 0 Å². The van der Waals surface area contributed by atoms with Gasteiger partial charge in [0.15, 0.2) is 0 Å². The molecule has 0 unspecified atom stereocenters. The van der Waals surface area contributed by atoms with Gasteiger partial charge in [0.1, 0.15) is 19.7 Å². The Morgan fingerprint density at radius 1 is 1.44 bits per heavy atom. The van der Waals surface area contributed by atoms with Gasteiger partial charge in [-0.3, -0.25) is 0 Å². The molecule has 2 aliphatic heterocycles. The summed E-state index contributed by atoms with van der Waals surface area (Å²) in [5.74, 6) is -0.905. The number of hydrogen-bond acceptors (Lipinski definition) is 6. The van der Waals surface area contributed by atoms with E-state index in [1.807, 2.05) is 0 Å². The molecule has 0 bridgehead atoms. The average molecular weight is 257 g/mol. The summed E-state index contributed by atoms with van der Waals surface area (Å²) in [5, 5.41) is 8.75. The molecule has 18 heavy (non-hydrogen) atoms. The number of esters is 1. The number of carbonyl (C=O) groups excluding carboxylic acids is 2. The first-order chi connectivity index (χ1) is 8.64. The lowest BCUT2D eigenvalue weighted by Gasteiger charge is -2.25. The first-order valence-corrected chi connectivity index (χ1v) is 5.91. The highest BCUT2D eigenvalue weighted by atomic mass is 16.5. The van der Waals surface area contributed by atoms with E-state index in [1.165, 1.54) is 7.11 Å². The van der Waals surface area contributed by atoms with Crippen LogP contribution in [0.4, 0.5) is 0 Å². The normalized spacial score (nSPS) is 21.3. The van der Waals surface area contributed by atoms with Crippen LogP contribution >= 0.6 is 0 Å². The zero-order valence-corrected chi connectivity index (χ0v) is 10.3. The van der Waals surface area contributed by atoms with E-state index in [2.05, 4.69) is 10.2 Å². The molecule has 2 N–H and O–H groups in total. The van der Waals surface area contributed by atoms with Crippen LogP contribution in [0.1, 0.15) is 12.8 Å². The molecule has 2 heterocycles. The monoisotopic (exact) mass is 257 g/mol. The molecule has 7 nitrogen and oxygen atoms in total. The molecule has 2 rings (SSSR count). The number of nitrogens with zero attached hydrogens (tertiary/aromatic N) is 1. The van der Waals surface area contributed by atoms with Crippen LogP contribution in [0.5, 0.6) is 0 Å². The van der Waals surface area contributed by atoms with Gasteiger partial charge < -0.3 is 14.6 Å². The highest BCUT2D eigenvalue weighted by molar-refractivity contribution is 6.15. The summed E-state index contributed by atoms with van der Waals surface area (Å²) in [6.07, 6.45) is 1.83. The van der Waals surface area contributed by atoms with Gasteiger partial charge in [0.05, 0.1) is 13.7 Å². The second-order valence-electron chi connectivity index (χ2n) is 4.31. The fourth-order valence-electron chi connectivity index (χ4n) is 2.34. The van der Waals surface area contributed by atoms with Gasteiger partial charge in [-0.1, -0.05) is 0 Å². The molecular formula is C11H17N2O5+. The van der Waals surface area contributed by atoms with Crippen LogP contribution < -0.4 is 5.43 Å². The fraction of sp³-hybridized carbons (Fsp3) is 0.636. The summed E-state index contributed by atoms with van der Waals surface area (Å²) in [6, 6.07) is 0. The number of ether oxygens (including phenoxy) is 2. The number of methoxy groups -OCH3 is 1. The van der Waals surface area contributed by atoms with Gasteiger partial charge in [-0.2, -0.15) is 10.0 Å². The van der Waals surface area contributed by atoms with Gasteiger partial charge in [0.25, 0.3) is 5.88 Å². The Morgan fingerprint density at radius 3 is 2.67 bits per heavy atom. The maximum absolute atomic E-state index is 12.3. The van der Waals surface area contributed by atoms with Crippen molar-refractivity contribution in [3.63, 3.8) is 0 Å². The second kappa shape index (κ2) is 4.95. The van der Waals surface area contributed by atoms with E-state index in [-0.39, 0.29) is 35.2 Å². The summed E-state index contributed by atoms with van der Waals surface area (Å²) in [4.78, 5) is 24.0. The minimum atomic E-state index is -0.706. The Morgan fingerprint density at radius 2 is 2.11 bits per heavy atom. The van der Waals surface area contributed by atoms with Crippen LogP contribution in [0, 0.1) is 0 Å². The molecule has 7 heteroatoms. The van der Waals surface area contributed by atoms with Crippen LogP contribution in [0.2, 0.25) is 0 Å². The van der Waals surface area contributed by atoms with Crippen molar-refractivity contribution in [2.24, 2.45) is 0 Å². The van der Waals surface area contributed by atoms with Crippen LogP contribution in [-0.4, -0.2) is 55.0 Å². The third kappa shape index (κ3) is 1.95. The number of carbonyl (C=O) groups is 2. The number of amides is 1. The van der Waals surface area contributed by atoms with Crippen molar-refractivity contribution in [1.82, 2.24) is 5.43 Å². The van der Waals surface area contributed by atoms with E-state index in [9.17, 15) is 9.59 Å². The molecule has 0 radical (unpaired) electrons. The third-order valence-electron chi connectivity index (χ3n) is 3.20. The van der Waals surface area contributed by atoms with E-state index in [4.69, 9.17) is 9.84 Å². The number of nitrogens with one attached hydrogen (secondary N) is 1. The highest BCUT2D eigenvalue weighted by Crippen LogP contribution is 2.28. The Balaban J connectivity index is 2.26. The SMILES string of the molecule is COC(=O)C1=C(OCCO)N[N+]2(CCCC2)C1=O. The quantitative estimate of drug-likeness (QED) is 0.383. The Bertz CT molecular complexity index is 398. The fourth-order valence-corrected chi connectivity index (χ4v) is 2.34. The van der Waals surface area contributed by atoms with Crippen molar-refractivity contribution in [3.05, 3.63) is 11.5 Å². The van der Waals surface area contributed by atoms with Crippen LogP contribution in [-0.2, 0) is 19.1 Å². The minimum Gasteiger partial charge on any atom is -0.473 e. The molecule has 0 aromatic rings. The van der Waals surface area contributed by atoms with Gasteiger partial charge in [-0.25, -0.2) is 9.59 Å². The molecule has 1 amide bonds. The smallest absolute Gasteiger partial charge is 0.383 e. The topological polar surface area (TPSA) is 84.9 Å². The van der Waals surface area contributed by atoms with E-state index < -0.39 is 5.97 Å². The Kier molecular flexibility index (Phi) is 3.53. The van der Waals surface area contributed by atoms with Gasteiger partial charge in [-0.05, 0) is 0 Å². The second-order valence-corrected chi connectivity index (χ2v) is 4.31. The van der Waals surface area contributed by atoms with Crippen molar-refractivity contribution in [2.75, 3.05) is 33.4 Å². The molecule has 0 saturated carbocycles. The Labute approximate surface area is 105 Å². The maximum atomic E-state index is 12.3. The van der Waals surface area contributed by atoms with Gasteiger partial charge in [-0.15, -0.1) is 0 Å². The van der Waals surface area contributed by atoms with Crippen LogP contribution in [0.25, 0.3) is 0 Å². The number of aliphatic hydroxyl groups excluding tert-OH is 1. The van der Waals surface area contributed by atoms with E-state index >= 15 is 0 Å². The molecule has 1 saturated heterocycles. The number of aliphatic hydroxyl groups is 1.